The first-order valence-corrected chi connectivity index (χ1v) is 7.08. The second-order valence-electron chi connectivity index (χ2n) is 4.99. The first-order valence-electron chi connectivity index (χ1n) is 7.08. The lowest BCUT2D eigenvalue weighted by molar-refractivity contribution is -0.137. The molecule has 110 valence electrons. The van der Waals surface area contributed by atoms with Crippen LogP contribution in [0.2, 0.25) is 0 Å². The second kappa shape index (κ2) is 7.87. The fourth-order valence-electron chi connectivity index (χ4n) is 2.30. The minimum Gasteiger partial charge on any atom is -0.492 e. The van der Waals surface area contributed by atoms with E-state index >= 15 is 0 Å². The molecule has 5 nitrogen and oxygen atoms in total. The smallest absolute Gasteiger partial charge is 0.304 e. The number of aliphatic carboxylic acids is 1. The molecule has 1 aromatic rings. The number of nitrogens with zero attached hydrogens (tertiary/aromatic N) is 2. The molecule has 1 N–H and O–H groups in total. The number of piperazine rings is 1. The molecule has 0 saturated carbocycles. The van der Waals surface area contributed by atoms with Crippen LogP contribution >= 0.6 is 0 Å². The van der Waals surface area contributed by atoms with Gasteiger partial charge >= 0.3 is 5.97 Å². The van der Waals surface area contributed by atoms with Gasteiger partial charge in [0.15, 0.2) is 0 Å². The summed E-state index contributed by atoms with van der Waals surface area (Å²) in [5, 5.41) is 8.67. The van der Waals surface area contributed by atoms with Crippen molar-refractivity contribution in [3.63, 3.8) is 0 Å². The summed E-state index contributed by atoms with van der Waals surface area (Å²) in [6.45, 7) is 6.12. The molecule has 0 spiro atoms. The van der Waals surface area contributed by atoms with E-state index in [1.807, 2.05) is 30.3 Å². The van der Waals surface area contributed by atoms with E-state index < -0.39 is 5.97 Å². The van der Waals surface area contributed by atoms with Crippen LogP contribution in [0.4, 0.5) is 0 Å². The lowest BCUT2D eigenvalue weighted by Gasteiger charge is -2.34. The third-order valence-electron chi connectivity index (χ3n) is 3.53. The predicted octanol–water partition coefficient (Wildman–Crippen LogP) is 1.16. The van der Waals surface area contributed by atoms with E-state index in [1.165, 1.54) is 0 Å². The van der Waals surface area contributed by atoms with Crippen LogP contribution in [0.3, 0.4) is 0 Å². The topological polar surface area (TPSA) is 53.0 Å². The molecule has 5 heteroatoms. The SMILES string of the molecule is O=C(O)CCN1CCN(CCOc2ccccc2)CC1. The summed E-state index contributed by atoms with van der Waals surface area (Å²) in [7, 11) is 0. The summed E-state index contributed by atoms with van der Waals surface area (Å²) in [4.78, 5) is 15.1. The number of carboxylic acid groups (broad SMARTS) is 1. The summed E-state index contributed by atoms with van der Waals surface area (Å²) in [5.74, 6) is 0.191. The highest BCUT2D eigenvalue weighted by atomic mass is 16.5. The van der Waals surface area contributed by atoms with Crippen LogP contribution < -0.4 is 4.74 Å². The Bertz CT molecular complexity index is 403. The molecule has 0 aliphatic carbocycles. The van der Waals surface area contributed by atoms with Crippen molar-refractivity contribution in [2.45, 2.75) is 6.42 Å². The average molecular weight is 278 g/mol. The molecule has 1 heterocycles. The summed E-state index contributed by atoms with van der Waals surface area (Å²) in [6.07, 6.45) is 0.233. The highest BCUT2D eigenvalue weighted by molar-refractivity contribution is 5.66. The van der Waals surface area contributed by atoms with Gasteiger partial charge in [0.1, 0.15) is 12.4 Å². The van der Waals surface area contributed by atoms with Crippen molar-refractivity contribution in [3.8, 4) is 5.75 Å². The maximum atomic E-state index is 10.5. The van der Waals surface area contributed by atoms with Crippen molar-refractivity contribution < 1.29 is 14.6 Å². The molecule has 1 aliphatic rings. The number of carboxylic acids is 1. The summed E-state index contributed by atoms with van der Waals surface area (Å²) < 4.78 is 5.68. The Hall–Kier alpha value is -1.59. The molecule has 2 rings (SSSR count). The van der Waals surface area contributed by atoms with Crippen molar-refractivity contribution in [1.29, 1.82) is 0 Å². The molecule has 1 aliphatic heterocycles. The minimum atomic E-state index is -0.719. The van der Waals surface area contributed by atoms with Crippen LogP contribution in [0, 0.1) is 0 Å². The summed E-state index contributed by atoms with van der Waals surface area (Å²) in [6, 6.07) is 9.84. The molecule has 1 fully saturated rings. The van der Waals surface area contributed by atoms with E-state index in [1.54, 1.807) is 0 Å². The largest absolute Gasteiger partial charge is 0.492 e. The lowest BCUT2D eigenvalue weighted by atomic mass is 10.3. The molecule has 0 aromatic heterocycles. The monoisotopic (exact) mass is 278 g/mol. The zero-order valence-corrected chi connectivity index (χ0v) is 11.7. The first kappa shape index (κ1) is 14.8. The van der Waals surface area contributed by atoms with Crippen LogP contribution in [-0.2, 0) is 4.79 Å². The number of carbonyl (C=O) groups is 1. The first-order chi connectivity index (χ1) is 9.74. The van der Waals surface area contributed by atoms with Crippen molar-refractivity contribution in [2.24, 2.45) is 0 Å². The predicted molar refractivity (Wildman–Crippen MR) is 77.1 cm³/mol. The van der Waals surface area contributed by atoms with Crippen molar-refractivity contribution in [3.05, 3.63) is 30.3 Å². The van der Waals surface area contributed by atoms with Gasteiger partial charge in [-0.2, -0.15) is 0 Å². The van der Waals surface area contributed by atoms with Gasteiger partial charge in [-0.1, -0.05) is 18.2 Å². The Morgan fingerprint density at radius 1 is 1.05 bits per heavy atom. The van der Waals surface area contributed by atoms with E-state index in [-0.39, 0.29) is 6.42 Å². The molecule has 0 unspecified atom stereocenters. The van der Waals surface area contributed by atoms with E-state index in [0.717, 1.165) is 38.5 Å². The van der Waals surface area contributed by atoms with Crippen molar-refractivity contribution in [1.82, 2.24) is 9.80 Å². The number of benzene rings is 1. The molecule has 0 radical (unpaired) electrons. The van der Waals surface area contributed by atoms with Crippen LogP contribution in [0.25, 0.3) is 0 Å². The Morgan fingerprint density at radius 3 is 2.25 bits per heavy atom. The van der Waals surface area contributed by atoms with Gasteiger partial charge in [-0.05, 0) is 12.1 Å². The van der Waals surface area contributed by atoms with E-state index in [0.29, 0.717) is 13.2 Å². The minimum absolute atomic E-state index is 0.233. The molecule has 0 bridgehead atoms. The Balaban J connectivity index is 1.59. The zero-order valence-electron chi connectivity index (χ0n) is 11.7. The molecule has 20 heavy (non-hydrogen) atoms. The van der Waals surface area contributed by atoms with Gasteiger partial charge in [-0.15, -0.1) is 0 Å². The maximum absolute atomic E-state index is 10.5. The Labute approximate surface area is 119 Å². The molecule has 1 saturated heterocycles. The molecular formula is C15H22N2O3. The van der Waals surface area contributed by atoms with Gasteiger partial charge in [-0.25, -0.2) is 0 Å². The fraction of sp³-hybridized carbons (Fsp3) is 0.533. The van der Waals surface area contributed by atoms with Crippen molar-refractivity contribution in [2.75, 3.05) is 45.9 Å². The highest BCUT2D eigenvalue weighted by Crippen LogP contribution is 2.08. The van der Waals surface area contributed by atoms with Crippen LogP contribution in [0.5, 0.6) is 5.75 Å². The van der Waals surface area contributed by atoms with Gasteiger partial charge in [0, 0.05) is 39.3 Å². The number of ether oxygens (including phenoxy) is 1. The Morgan fingerprint density at radius 2 is 1.65 bits per heavy atom. The lowest BCUT2D eigenvalue weighted by Crippen LogP contribution is -2.47. The Kier molecular flexibility index (Phi) is 5.83. The van der Waals surface area contributed by atoms with E-state index in [9.17, 15) is 4.79 Å². The van der Waals surface area contributed by atoms with Gasteiger partial charge < -0.3 is 14.7 Å². The molecule has 1 aromatic carbocycles. The molecule has 0 atom stereocenters. The summed E-state index contributed by atoms with van der Waals surface area (Å²) >= 11 is 0. The fourth-order valence-corrected chi connectivity index (χ4v) is 2.30. The van der Waals surface area contributed by atoms with Crippen molar-refractivity contribution >= 4 is 5.97 Å². The van der Waals surface area contributed by atoms with Gasteiger partial charge in [-0.3, -0.25) is 9.69 Å². The average Bonchev–Trinajstić information content (AvgIpc) is 2.47. The van der Waals surface area contributed by atoms with Gasteiger partial charge in [0.05, 0.1) is 6.42 Å². The third kappa shape index (κ3) is 5.19. The van der Waals surface area contributed by atoms with E-state index in [2.05, 4.69) is 9.80 Å². The molecule has 0 amide bonds. The highest BCUT2D eigenvalue weighted by Gasteiger charge is 2.16. The normalized spacial score (nSPS) is 17.0. The summed E-state index contributed by atoms with van der Waals surface area (Å²) in [5.41, 5.74) is 0. The quantitative estimate of drug-likeness (QED) is 0.811. The number of rotatable bonds is 7. The third-order valence-corrected chi connectivity index (χ3v) is 3.53. The van der Waals surface area contributed by atoms with Gasteiger partial charge in [0.25, 0.3) is 0 Å². The van der Waals surface area contributed by atoms with E-state index in [4.69, 9.17) is 9.84 Å². The standard InChI is InChI=1S/C15H22N2O3/c18-15(19)6-7-16-8-10-17(11-9-16)12-13-20-14-4-2-1-3-5-14/h1-5H,6-13H2,(H,18,19). The zero-order chi connectivity index (χ0) is 14.2. The van der Waals surface area contributed by atoms with Crippen LogP contribution in [0.15, 0.2) is 30.3 Å². The maximum Gasteiger partial charge on any atom is 0.304 e. The van der Waals surface area contributed by atoms with Crippen LogP contribution in [-0.4, -0.2) is 66.8 Å². The second-order valence-corrected chi connectivity index (χ2v) is 4.99. The van der Waals surface area contributed by atoms with Crippen LogP contribution in [0.1, 0.15) is 6.42 Å². The molecular weight excluding hydrogens is 256 g/mol. The number of hydrogen-bond donors (Lipinski definition) is 1. The number of hydrogen-bond acceptors (Lipinski definition) is 4. The number of para-hydroxylation sites is 1. The van der Waals surface area contributed by atoms with Gasteiger partial charge in [0.2, 0.25) is 0 Å².